The van der Waals surface area contributed by atoms with Crippen LogP contribution < -0.4 is 0 Å². The van der Waals surface area contributed by atoms with Crippen LogP contribution in [0.25, 0.3) is 0 Å². The number of likely N-dealkylation sites (tertiary alicyclic amines) is 1. The van der Waals surface area contributed by atoms with E-state index in [4.69, 9.17) is 0 Å². The number of hydrogen-bond donors (Lipinski definition) is 0. The fourth-order valence-electron chi connectivity index (χ4n) is 1.30. The maximum Gasteiger partial charge on any atom is 0.328 e. The normalized spacial score (nSPS) is 23.4. The van der Waals surface area contributed by atoms with E-state index < -0.39 is 0 Å². The van der Waals surface area contributed by atoms with Gasteiger partial charge in [0.1, 0.15) is 6.04 Å². The van der Waals surface area contributed by atoms with Crippen LogP contribution >= 0.6 is 0 Å². The first-order valence-corrected chi connectivity index (χ1v) is 3.58. The monoisotopic (exact) mass is 157 g/mol. The van der Waals surface area contributed by atoms with E-state index in [0.717, 1.165) is 12.8 Å². The molecule has 1 amide bonds. The zero-order valence-corrected chi connectivity index (χ0v) is 6.45. The molecular weight excluding hydrogens is 146 g/mol. The Morgan fingerprint density at radius 3 is 3.00 bits per heavy atom. The summed E-state index contributed by atoms with van der Waals surface area (Å²) in [6, 6.07) is -0.336. The molecule has 1 aliphatic heterocycles. The molecule has 62 valence electrons. The molecule has 4 heteroatoms. The van der Waals surface area contributed by atoms with Gasteiger partial charge >= 0.3 is 5.97 Å². The van der Waals surface area contributed by atoms with Crippen molar-refractivity contribution in [1.29, 1.82) is 0 Å². The van der Waals surface area contributed by atoms with Crippen molar-refractivity contribution in [2.75, 3.05) is 13.7 Å². The molecule has 0 bridgehead atoms. The number of ether oxygens (including phenoxy) is 1. The summed E-state index contributed by atoms with van der Waals surface area (Å²) >= 11 is 0. The molecule has 1 heterocycles. The molecule has 1 rings (SSSR count). The van der Waals surface area contributed by atoms with Crippen molar-refractivity contribution in [2.45, 2.75) is 18.9 Å². The zero-order valence-electron chi connectivity index (χ0n) is 6.45. The highest BCUT2D eigenvalue weighted by Crippen LogP contribution is 2.15. The van der Waals surface area contributed by atoms with Crippen molar-refractivity contribution in [3.05, 3.63) is 0 Å². The Morgan fingerprint density at radius 2 is 2.45 bits per heavy atom. The van der Waals surface area contributed by atoms with Crippen LogP contribution in [0.3, 0.4) is 0 Å². The molecule has 0 aromatic carbocycles. The van der Waals surface area contributed by atoms with Crippen molar-refractivity contribution in [1.82, 2.24) is 4.90 Å². The van der Waals surface area contributed by atoms with E-state index in [-0.39, 0.29) is 12.0 Å². The molecule has 4 nitrogen and oxygen atoms in total. The van der Waals surface area contributed by atoms with Crippen LogP contribution in [0.4, 0.5) is 0 Å². The van der Waals surface area contributed by atoms with Crippen LogP contribution in [0.1, 0.15) is 12.8 Å². The van der Waals surface area contributed by atoms with Crippen molar-refractivity contribution in [2.24, 2.45) is 0 Å². The lowest BCUT2D eigenvalue weighted by molar-refractivity contribution is -0.148. The Bertz CT molecular complexity index is 169. The van der Waals surface area contributed by atoms with E-state index in [1.165, 1.54) is 12.0 Å². The summed E-state index contributed by atoms with van der Waals surface area (Å²) < 4.78 is 4.53. The smallest absolute Gasteiger partial charge is 0.328 e. The Balaban J connectivity index is 2.56. The Labute approximate surface area is 65.1 Å². The first-order valence-electron chi connectivity index (χ1n) is 3.58. The predicted octanol–water partition coefficient (Wildman–Crippen LogP) is -0.220. The summed E-state index contributed by atoms with van der Waals surface area (Å²) in [6.07, 6.45) is 2.32. The molecule has 0 radical (unpaired) electrons. The number of hydrogen-bond acceptors (Lipinski definition) is 3. The van der Waals surface area contributed by atoms with Gasteiger partial charge in [0, 0.05) is 6.54 Å². The standard InChI is InChI=1S/C7H11NO3/c1-11-7(10)6-3-2-4-8(6)5-9/h5-6H,2-4H2,1H3. The molecule has 1 unspecified atom stereocenters. The molecule has 1 fully saturated rings. The van der Waals surface area contributed by atoms with Crippen molar-refractivity contribution in [3.63, 3.8) is 0 Å². The van der Waals surface area contributed by atoms with Gasteiger partial charge in [0.15, 0.2) is 0 Å². The van der Waals surface area contributed by atoms with Crippen LogP contribution in [-0.4, -0.2) is 37.0 Å². The second-order valence-electron chi connectivity index (χ2n) is 2.52. The molecule has 0 spiro atoms. The van der Waals surface area contributed by atoms with E-state index in [0.29, 0.717) is 13.0 Å². The second kappa shape index (κ2) is 3.37. The summed E-state index contributed by atoms with van der Waals surface area (Å²) in [5.74, 6) is -0.311. The topological polar surface area (TPSA) is 46.6 Å². The largest absolute Gasteiger partial charge is 0.467 e. The minimum atomic E-state index is -0.336. The quantitative estimate of drug-likeness (QED) is 0.411. The zero-order chi connectivity index (χ0) is 8.27. The van der Waals surface area contributed by atoms with Crippen molar-refractivity contribution < 1.29 is 14.3 Å². The lowest BCUT2D eigenvalue weighted by Crippen LogP contribution is -2.35. The molecule has 0 N–H and O–H groups in total. The summed E-state index contributed by atoms with van der Waals surface area (Å²) in [5.41, 5.74) is 0. The van der Waals surface area contributed by atoms with Crippen LogP contribution in [0.5, 0.6) is 0 Å². The maximum absolute atomic E-state index is 11.0. The van der Waals surface area contributed by atoms with Gasteiger partial charge in [0.25, 0.3) is 0 Å². The van der Waals surface area contributed by atoms with E-state index in [1.54, 1.807) is 0 Å². The van der Waals surface area contributed by atoms with Gasteiger partial charge in [-0.3, -0.25) is 4.79 Å². The SMILES string of the molecule is COC(=O)C1CCCN1C=O. The molecule has 0 aromatic heterocycles. The van der Waals surface area contributed by atoms with Gasteiger partial charge in [-0.15, -0.1) is 0 Å². The van der Waals surface area contributed by atoms with Crippen molar-refractivity contribution >= 4 is 12.4 Å². The van der Waals surface area contributed by atoms with Gasteiger partial charge in [0.2, 0.25) is 6.41 Å². The molecule has 0 aromatic rings. The number of amides is 1. The molecule has 1 saturated heterocycles. The summed E-state index contributed by atoms with van der Waals surface area (Å²) in [5, 5.41) is 0. The number of rotatable bonds is 2. The third kappa shape index (κ3) is 1.50. The number of carbonyl (C=O) groups excluding carboxylic acids is 2. The molecule has 0 aliphatic carbocycles. The number of carbonyl (C=O) groups is 2. The van der Waals surface area contributed by atoms with Crippen LogP contribution in [0.15, 0.2) is 0 Å². The first-order chi connectivity index (χ1) is 5.29. The van der Waals surface area contributed by atoms with Crippen LogP contribution in [-0.2, 0) is 14.3 Å². The van der Waals surface area contributed by atoms with E-state index in [2.05, 4.69) is 4.74 Å². The van der Waals surface area contributed by atoms with Crippen LogP contribution in [0, 0.1) is 0 Å². The number of methoxy groups -OCH3 is 1. The second-order valence-corrected chi connectivity index (χ2v) is 2.52. The molecule has 11 heavy (non-hydrogen) atoms. The van der Waals surface area contributed by atoms with E-state index >= 15 is 0 Å². The van der Waals surface area contributed by atoms with Crippen molar-refractivity contribution in [3.8, 4) is 0 Å². The fourth-order valence-corrected chi connectivity index (χ4v) is 1.30. The van der Waals surface area contributed by atoms with Gasteiger partial charge in [-0.1, -0.05) is 0 Å². The van der Waals surface area contributed by atoms with Gasteiger partial charge in [-0.05, 0) is 12.8 Å². The lowest BCUT2D eigenvalue weighted by atomic mass is 10.2. The number of esters is 1. The number of nitrogens with zero attached hydrogens (tertiary/aromatic N) is 1. The summed E-state index contributed by atoms with van der Waals surface area (Å²) in [7, 11) is 1.34. The Kier molecular flexibility index (Phi) is 2.46. The lowest BCUT2D eigenvalue weighted by Gasteiger charge is -2.16. The third-order valence-corrected chi connectivity index (χ3v) is 1.90. The highest BCUT2D eigenvalue weighted by Gasteiger charge is 2.29. The van der Waals surface area contributed by atoms with E-state index in [1.807, 2.05) is 0 Å². The molecule has 0 saturated carbocycles. The first kappa shape index (κ1) is 8.04. The van der Waals surface area contributed by atoms with Gasteiger partial charge in [0.05, 0.1) is 7.11 Å². The summed E-state index contributed by atoms with van der Waals surface area (Å²) in [4.78, 5) is 22.8. The molecular formula is C7H11NO3. The average Bonchev–Trinajstić information content (AvgIpc) is 2.50. The van der Waals surface area contributed by atoms with Gasteiger partial charge in [-0.25, -0.2) is 4.79 Å². The Hall–Kier alpha value is -1.06. The predicted molar refractivity (Wildman–Crippen MR) is 37.8 cm³/mol. The van der Waals surface area contributed by atoms with Gasteiger partial charge in [-0.2, -0.15) is 0 Å². The van der Waals surface area contributed by atoms with Gasteiger partial charge < -0.3 is 9.64 Å². The molecule has 1 aliphatic rings. The molecule has 1 atom stereocenters. The van der Waals surface area contributed by atoms with E-state index in [9.17, 15) is 9.59 Å². The Morgan fingerprint density at radius 1 is 1.73 bits per heavy atom. The summed E-state index contributed by atoms with van der Waals surface area (Å²) in [6.45, 7) is 0.670. The fraction of sp³-hybridized carbons (Fsp3) is 0.714. The minimum absolute atomic E-state index is 0.311. The van der Waals surface area contributed by atoms with Crippen LogP contribution in [0.2, 0.25) is 0 Å². The highest BCUT2D eigenvalue weighted by molar-refractivity contribution is 5.78. The third-order valence-electron chi connectivity index (χ3n) is 1.90. The maximum atomic E-state index is 11.0. The average molecular weight is 157 g/mol. The highest BCUT2D eigenvalue weighted by atomic mass is 16.5. The minimum Gasteiger partial charge on any atom is -0.467 e.